The molecule has 0 radical (unpaired) electrons. The Morgan fingerprint density at radius 1 is 1.29 bits per heavy atom. The minimum atomic E-state index is -0.356. The Labute approximate surface area is 110 Å². The third-order valence-corrected chi connectivity index (χ3v) is 3.64. The summed E-state index contributed by atoms with van der Waals surface area (Å²) in [6.45, 7) is 2.77. The monoisotopic (exact) mass is 270 g/mol. The Balaban J connectivity index is 2.29. The van der Waals surface area contributed by atoms with E-state index in [1.807, 2.05) is 12.1 Å². The molecule has 1 aliphatic heterocycles. The zero-order valence-corrected chi connectivity index (χ0v) is 10.7. The summed E-state index contributed by atoms with van der Waals surface area (Å²) in [5.41, 5.74) is 0.767. The van der Waals surface area contributed by atoms with Gasteiger partial charge in [-0.15, -0.1) is 0 Å². The topological polar surface area (TPSA) is 36.3 Å². The molecule has 1 atom stereocenters. The fourth-order valence-corrected chi connectivity index (χ4v) is 2.33. The van der Waals surface area contributed by atoms with E-state index in [1.165, 1.54) is 0 Å². The van der Waals surface area contributed by atoms with Crippen molar-refractivity contribution in [2.75, 3.05) is 26.3 Å². The smallest absolute Gasteiger partial charge is 0.125 e. The second kappa shape index (κ2) is 5.70. The molecular formula is C12H12Cl2N2O. The third kappa shape index (κ3) is 2.72. The van der Waals surface area contributed by atoms with Crippen LogP contribution in [0.25, 0.3) is 0 Å². The van der Waals surface area contributed by atoms with Crippen LogP contribution in [-0.2, 0) is 4.74 Å². The Morgan fingerprint density at radius 2 is 2.00 bits per heavy atom. The van der Waals surface area contributed by atoms with Crippen LogP contribution in [0.5, 0.6) is 0 Å². The molecule has 2 rings (SSSR count). The highest BCUT2D eigenvalue weighted by Gasteiger charge is 2.24. The van der Waals surface area contributed by atoms with Crippen LogP contribution in [0.3, 0.4) is 0 Å². The van der Waals surface area contributed by atoms with Gasteiger partial charge in [0, 0.05) is 18.7 Å². The van der Waals surface area contributed by atoms with Gasteiger partial charge in [0.05, 0.1) is 29.3 Å². The van der Waals surface area contributed by atoms with E-state index < -0.39 is 0 Å². The maximum Gasteiger partial charge on any atom is 0.125 e. The maximum atomic E-state index is 9.31. The van der Waals surface area contributed by atoms with Gasteiger partial charge in [0.1, 0.15) is 6.04 Å². The van der Waals surface area contributed by atoms with E-state index in [0.29, 0.717) is 23.3 Å². The molecule has 17 heavy (non-hydrogen) atoms. The lowest BCUT2D eigenvalue weighted by atomic mass is 10.1. The summed E-state index contributed by atoms with van der Waals surface area (Å²) in [5, 5.41) is 10.3. The fraction of sp³-hybridized carbons (Fsp3) is 0.417. The minimum Gasteiger partial charge on any atom is -0.379 e. The van der Waals surface area contributed by atoms with Crippen molar-refractivity contribution in [2.24, 2.45) is 0 Å². The van der Waals surface area contributed by atoms with E-state index in [4.69, 9.17) is 27.9 Å². The second-order valence-corrected chi connectivity index (χ2v) is 4.61. The number of benzene rings is 1. The number of morpholine rings is 1. The third-order valence-electron chi connectivity index (χ3n) is 2.81. The lowest BCUT2D eigenvalue weighted by Gasteiger charge is -2.31. The van der Waals surface area contributed by atoms with Gasteiger partial charge in [-0.1, -0.05) is 35.3 Å². The van der Waals surface area contributed by atoms with E-state index in [2.05, 4.69) is 11.0 Å². The standard InChI is InChI=1S/C12H12Cl2N2O/c13-10-3-1-2-9(12(10)14)11(8-15)16-4-6-17-7-5-16/h1-3,11H,4-7H2/t11-/m1/s1. The van der Waals surface area contributed by atoms with E-state index in [0.717, 1.165) is 18.7 Å². The molecule has 1 aromatic carbocycles. The molecule has 0 unspecified atom stereocenters. The first-order chi connectivity index (χ1) is 8.24. The molecule has 3 nitrogen and oxygen atoms in total. The van der Waals surface area contributed by atoms with Gasteiger partial charge in [-0.2, -0.15) is 5.26 Å². The Hall–Kier alpha value is -0.790. The number of nitriles is 1. The number of halogens is 2. The fourth-order valence-electron chi connectivity index (χ4n) is 1.92. The minimum absolute atomic E-state index is 0.356. The van der Waals surface area contributed by atoms with Crippen molar-refractivity contribution < 1.29 is 4.74 Å². The molecule has 1 saturated heterocycles. The molecule has 0 N–H and O–H groups in total. The first-order valence-corrected chi connectivity index (χ1v) is 6.15. The largest absolute Gasteiger partial charge is 0.379 e. The lowest BCUT2D eigenvalue weighted by molar-refractivity contribution is 0.0266. The molecule has 5 heteroatoms. The molecule has 1 heterocycles. The molecule has 0 aromatic heterocycles. The molecule has 90 valence electrons. The van der Waals surface area contributed by atoms with Crippen molar-refractivity contribution in [1.29, 1.82) is 5.26 Å². The Kier molecular flexibility index (Phi) is 4.25. The van der Waals surface area contributed by atoms with Crippen LogP contribution in [0.2, 0.25) is 10.0 Å². The van der Waals surface area contributed by atoms with Gasteiger partial charge in [-0.05, 0) is 6.07 Å². The molecule has 1 fully saturated rings. The second-order valence-electron chi connectivity index (χ2n) is 3.82. The van der Waals surface area contributed by atoms with Crippen LogP contribution in [-0.4, -0.2) is 31.2 Å². The van der Waals surface area contributed by atoms with Crippen LogP contribution < -0.4 is 0 Å². The van der Waals surface area contributed by atoms with Crippen molar-refractivity contribution in [3.63, 3.8) is 0 Å². The van der Waals surface area contributed by atoms with Crippen molar-refractivity contribution in [3.8, 4) is 6.07 Å². The summed E-state index contributed by atoms with van der Waals surface area (Å²) < 4.78 is 5.27. The molecule has 0 bridgehead atoms. The van der Waals surface area contributed by atoms with Gasteiger partial charge in [0.2, 0.25) is 0 Å². The average Bonchev–Trinajstić information content (AvgIpc) is 2.37. The highest BCUT2D eigenvalue weighted by Crippen LogP contribution is 2.32. The van der Waals surface area contributed by atoms with Gasteiger partial charge in [-0.3, -0.25) is 4.90 Å². The number of hydrogen-bond donors (Lipinski definition) is 0. The number of nitrogens with zero attached hydrogens (tertiary/aromatic N) is 2. The summed E-state index contributed by atoms with van der Waals surface area (Å²) in [4.78, 5) is 2.06. The van der Waals surface area contributed by atoms with Gasteiger partial charge in [0.25, 0.3) is 0 Å². The van der Waals surface area contributed by atoms with Crippen molar-refractivity contribution in [2.45, 2.75) is 6.04 Å². The summed E-state index contributed by atoms with van der Waals surface area (Å²) in [6, 6.07) is 7.31. The molecular weight excluding hydrogens is 259 g/mol. The normalized spacial score (nSPS) is 18.6. The molecule has 1 aliphatic rings. The highest BCUT2D eigenvalue weighted by atomic mass is 35.5. The van der Waals surface area contributed by atoms with Crippen LogP contribution in [0, 0.1) is 11.3 Å². The van der Waals surface area contributed by atoms with Gasteiger partial charge < -0.3 is 4.74 Å². The first kappa shape index (κ1) is 12.7. The zero-order valence-electron chi connectivity index (χ0n) is 9.20. The summed E-state index contributed by atoms with van der Waals surface area (Å²) >= 11 is 12.1. The number of hydrogen-bond acceptors (Lipinski definition) is 3. The number of rotatable bonds is 2. The zero-order chi connectivity index (χ0) is 12.3. The van der Waals surface area contributed by atoms with Crippen LogP contribution in [0.1, 0.15) is 11.6 Å². The van der Waals surface area contributed by atoms with E-state index in [9.17, 15) is 5.26 Å². The molecule has 1 aromatic rings. The van der Waals surface area contributed by atoms with Crippen LogP contribution in [0.4, 0.5) is 0 Å². The van der Waals surface area contributed by atoms with Gasteiger partial charge >= 0.3 is 0 Å². The summed E-state index contributed by atoms with van der Waals surface area (Å²) in [5.74, 6) is 0. The van der Waals surface area contributed by atoms with Crippen LogP contribution in [0.15, 0.2) is 18.2 Å². The predicted molar refractivity (Wildman–Crippen MR) is 67.2 cm³/mol. The SMILES string of the molecule is N#C[C@H](c1cccc(Cl)c1Cl)N1CCOCC1. The lowest BCUT2D eigenvalue weighted by Crippen LogP contribution is -2.38. The molecule has 0 saturated carbocycles. The highest BCUT2D eigenvalue weighted by molar-refractivity contribution is 6.42. The Morgan fingerprint density at radius 3 is 2.65 bits per heavy atom. The summed E-state index contributed by atoms with van der Waals surface area (Å²) in [6.07, 6.45) is 0. The Bertz CT molecular complexity index is 439. The van der Waals surface area contributed by atoms with E-state index in [1.54, 1.807) is 6.07 Å². The van der Waals surface area contributed by atoms with Gasteiger partial charge in [-0.25, -0.2) is 0 Å². The first-order valence-electron chi connectivity index (χ1n) is 5.39. The van der Waals surface area contributed by atoms with E-state index >= 15 is 0 Å². The number of ether oxygens (including phenoxy) is 1. The van der Waals surface area contributed by atoms with Crippen molar-refractivity contribution in [3.05, 3.63) is 33.8 Å². The molecule has 0 amide bonds. The van der Waals surface area contributed by atoms with Crippen LogP contribution >= 0.6 is 23.2 Å². The maximum absolute atomic E-state index is 9.31. The van der Waals surface area contributed by atoms with Crippen molar-refractivity contribution in [1.82, 2.24) is 4.90 Å². The predicted octanol–water partition coefficient (Wildman–Crippen LogP) is 2.89. The summed E-state index contributed by atoms with van der Waals surface area (Å²) in [7, 11) is 0. The van der Waals surface area contributed by atoms with Gasteiger partial charge in [0.15, 0.2) is 0 Å². The average molecular weight is 271 g/mol. The molecule has 0 spiro atoms. The van der Waals surface area contributed by atoms with E-state index in [-0.39, 0.29) is 6.04 Å². The quantitative estimate of drug-likeness (QED) is 0.829. The van der Waals surface area contributed by atoms with Crippen molar-refractivity contribution >= 4 is 23.2 Å². The molecule has 0 aliphatic carbocycles.